The van der Waals surface area contributed by atoms with Crippen LogP contribution < -0.4 is 5.32 Å². The van der Waals surface area contributed by atoms with E-state index in [1.807, 2.05) is 11.8 Å². The van der Waals surface area contributed by atoms with Crippen molar-refractivity contribution < 1.29 is 5.11 Å². The predicted octanol–water partition coefficient (Wildman–Crippen LogP) is 2.67. The van der Waals surface area contributed by atoms with Crippen LogP contribution in [0.2, 0.25) is 0 Å². The number of rotatable bonds is 5. The zero-order valence-corrected chi connectivity index (χ0v) is 11.2. The van der Waals surface area contributed by atoms with Crippen molar-refractivity contribution in [3.63, 3.8) is 0 Å². The number of thioether (sulfide) groups is 1. The highest BCUT2D eigenvalue weighted by Crippen LogP contribution is 2.39. The Morgan fingerprint density at radius 2 is 2.18 bits per heavy atom. The second kappa shape index (κ2) is 5.89. The molecule has 1 aromatic carbocycles. The van der Waals surface area contributed by atoms with Crippen molar-refractivity contribution in [1.29, 1.82) is 0 Å². The molecule has 0 aliphatic heterocycles. The molecule has 0 radical (unpaired) electrons. The maximum Gasteiger partial charge on any atom is 0.0613 e. The fourth-order valence-corrected chi connectivity index (χ4v) is 3.94. The molecule has 1 aliphatic rings. The Hall–Kier alpha value is -0.510. The number of aliphatic hydroxyl groups excluding tert-OH is 1. The van der Waals surface area contributed by atoms with Gasteiger partial charge in [-0.3, -0.25) is 0 Å². The zero-order valence-electron chi connectivity index (χ0n) is 10.4. The highest BCUT2D eigenvalue weighted by atomic mass is 32.2. The van der Waals surface area contributed by atoms with E-state index in [2.05, 4.69) is 42.6 Å². The van der Waals surface area contributed by atoms with Gasteiger partial charge in [-0.25, -0.2) is 0 Å². The number of hydrogen-bond donors (Lipinski definition) is 2. The van der Waals surface area contributed by atoms with Gasteiger partial charge in [0, 0.05) is 15.7 Å². The van der Waals surface area contributed by atoms with Crippen molar-refractivity contribution in [3.05, 3.63) is 30.3 Å². The molecule has 2 atom stereocenters. The van der Waals surface area contributed by atoms with Crippen LogP contribution in [-0.4, -0.2) is 29.0 Å². The normalized spacial score (nSPS) is 28.5. The smallest absolute Gasteiger partial charge is 0.0613 e. The van der Waals surface area contributed by atoms with Crippen LogP contribution in [0.5, 0.6) is 0 Å². The number of aliphatic hydroxyl groups is 1. The van der Waals surface area contributed by atoms with E-state index in [4.69, 9.17) is 0 Å². The van der Waals surface area contributed by atoms with Crippen LogP contribution in [0.4, 0.5) is 0 Å². The Kier molecular flexibility index (Phi) is 4.48. The third kappa shape index (κ3) is 3.24. The third-order valence-electron chi connectivity index (χ3n) is 3.46. The molecule has 1 saturated carbocycles. The molecule has 0 saturated heterocycles. The van der Waals surface area contributed by atoms with Crippen molar-refractivity contribution in [2.24, 2.45) is 0 Å². The summed E-state index contributed by atoms with van der Waals surface area (Å²) in [5.41, 5.74) is -0.0266. The molecule has 94 valence electrons. The highest BCUT2D eigenvalue weighted by molar-refractivity contribution is 8.00. The Morgan fingerprint density at radius 3 is 2.82 bits per heavy atom. The van der Waals surface area contributed by atoms with Gasteiger partial charge >= 0.3 is 0 Å². The van der Waals surface area contributed by atoms with Gasteiger partial charge in [-0.05, 0) is 37.9 Å². The molecule has 2 unspecified atom stereocenters. The minimum Gasteiger partial charge on any atom is -0.394 e. The number of likely N-dealkylation sites (N-methyl/N-ethyl adjacent to an activating group) is 1. The Bertz CT molecular complexity index is 343. The second-order valence-corrected chi connectivity index (χ2v) is 6.14. The fourth-order valence-electron chi connectivity index (χ4n) is 2.60. The lowest BCUT2D eigenvalue weighted by atomic mass is 9.99. The standard InChI is InChI=1S/C14H21NOS/c1-2-15-14(11-16)9-8-13(10-14)17-12-6-4-3-5-7-12/h3-7,13,15-16H,2,8-11H2,1H3. The molecule has 1 aliphatic carbocycles. The summed E-state index contributed by atoms with van der Waals surface area (Å²) < 4.78 is 0. The highest BCUT2D eigenvalue weighted by Gasteiger charge is 2.38. The maximum absolute atomic E-state index is 9.56. The summed E-state index contributed by atoms with van der Waals surface area (Å²) >= 11 is 1.94. The average Bonchev–Trinajstić information content (AvgIpc) is 2.75. The molecular formula is C14H21NOS. The number of nitrogens with one attached hydrogen (secondary N) is 1. The van der Waals surface area contributed by atoms with Crippen LogP contribution >= 0.6 is 11.8 Å². The Balaban J connectivity index is 1.93. The summed E-state index contributed by atoms with van der Waals surface area (Å²) in [4.78, 5) is 1.34. The minimum absolute atomic E-state index is 0.0266. The SMILES string of the molecule is CCNC1(CO)CCC(Sc2ccccc2)C1. The minimum atomic E-state index is -0.0266. The molecule has 2 rings (SSSR count). The molecule has 2 nitrogen and oxygen atoms in total. The van der Waals surface area contributed by atoms with E-state index in [1.54, 1.807) is 0 Å². The van der Waals surface area contributed by atoms with Crippen LogP contribution in [0, 0.1) is 0 Å². The van der Waals surface area contributed by atoms with Gasteiger partial charge in [0.15, 0.2) is 0 Å². The monoisotopic (exact) mass is 251 g/mol. The van der Waals surface area contributed by atoms with Gasteiger partial charge in [0.05, 0.1) is 6.61 Å². The molecular weight excluding hydrogens is 230 g/mol. The lowest BCUT2D eigenvalue weighted by Gasteiger charge is -2.28. The summed E-state index contributed by atoms with van der Waals surface area (Å²) in [5, 5.41) is 13.6. The number of hydrogen-bond acceptors (Lipinski definition) is 3. The summed E-state index contributed by atoms with van der Waals surface area (Å²) in [5.74, 6) is 0. The third-order valence-corrected chi connectivity index (χ3v) is 4.74. The maximum atomic E-state index is 9.56. The lowest BCUT2D eigenvalue weighted by Crippen LogP contribution is -2.46. The topological polar surface area (TPSA) is 32.3 Å². The van der Waals surface area contributed by atoms with Crippen LogP contribution in [-0.2, 0) is 0 Å². The van der Waals surface area contributed by atoms with Gasteiger partial charge in [0.2, 0.25) is 0 Å². The Morgan fingerprint density at radius 1 is 1.41 bits per heavy atom. The summed E-state index contributed by atoms with van der Waals surface area (Å²) in [6.45, 7) is 3.30. The van der Waals surface area contributed by atoms with E-state index in [0.717, 1.165) is 19.4 Å². The van der Waals surface area contributed by atoms with E-state index in [1.165, 1.54) is 11.3 Å². The van der Waals surface area contributed by atoms with Crippen LogP contribution in [0.3, 0.4) is 0 Å². The van der Waals surface area contributed by atoms with Crippen molar-refractivity contribution in [2.75, 3.05) is 13.2 Å². The first-order valence-corrected chi connectivity index (χ1v) is 7.23. The molecule has 1 aromatic rings. The molecule has 2 N–H and O–H groups in total. The van der Waals surface area contributed by atoms with E-state index >= 15 is 0 Å². The Labute approximate surface area is 108 Å². The molecule has 17 heavy (non-hydrogen) atoms. The van der Waals surface area contributed by atoms with Gasteiger partial charge in [-0.15, -0.1) is 11.8 Å². The van der Waals surface area contributed by atoms with Crippen molar-refractivity contribution in [2.45, 2.75) is 41.9 Å². The van der Waals surface area contributed by atoms with Gasteiger partial charge < -0.3 is 10.4 Å². The van der Waals surface area contributed by atoms with E-state index < -0.39 is 0 Å². The van der Waals surface area contributed by atoms with Crippen molar-refractivity contribution in [3.8, 4) is 0 Å². The zero-order chi connectivity index (χ0) is 12.1. The van der Waals surface area contributed by atoms with Crippen LogP contribution in [0.25, 0.3) is 0 Å². The summed E-state index contributed by atoms with van der Waals surface area (Å²) in [7, 11) is 0. The van der Waals surface area contributed by atoms with Crippen molar-refractivity contribution in [1.82, 2.24) is 5.32 Å². The number of benzene rings is 1. The fraction of sp³-hybridized carbons (Fsp3) is 0.571. The second-order valence-electron chi connectivity index (χ2n) is 4.76. The first-order valence-electron chi connectivity index (χ1n) is 6.35. The average molecular weight is 251 g/mol. The van der Waals surface area contributed by atoms with Gasteiger partial charge in [0.25, 0.3) is 0 Å². The largest absolute Gasteiger partial charge is 0.394 e. The lowest BCUT2D eigenvalue weighted by molar-refractivity contribution is 0.167. The van der Waals surface area contributed by atoms with Gasteiger partial charge in [0.1, 0.15) is 0 Å². The van der Waals surface area contributed by atoms with E-state index in [-0.39, 0.29) is 12.1 Å². The van der Waals surface area contributed by atoms with E-state index in [9.17, 15) is 5.11 Å². The molecule has 0 spiro atoms. The molecule has 0 aromatic heterocycles. The van der Waals surface area contributed by atoms with Crippen molar-refractivity contribution >= 4 is 11.8 Å². The van der Waals surface area contributed by atoms with E-state index in [0.29, 0.717) is 5.25 Å². The quantitative estimate of drug-likeness (QED) is 0.844. The summed E-state index contributed by atoms with van der Waals surface area (Å²) in [6.07, 6.45) is 3.34. The first kappa shape index (κ1) is 12.9. The first-order chi connectivity index (χ1) is 8.28. The van der Waals surface area contributed by atoms with Gasteiger partial charge in [-0.1, -0.05) is 25.1 Å². The molecule has 1 fully saturated rings. The van der Waals surface area contributed by atoms with Crippen LogP contribution in [0.1, 0.15) is 26.2 Å². The summed E-state index contributed by atoms with van der Waals surface area (Å²) in [6, 6.07) is 10.5. The molecule has 0 amide bonds. The van der Waals surface area contributed by atoms with Gasteiger partial charge in [-0.2, -0.15) is 0 Å². The molecule has 0 bridgehead atoms. The molecule has 0 heterocycles. The van der Waals surface area contributed by atoms with Crippen LogP contribution in [0.15, 0.2) is 35.2 Å². The predicted molar refractivity (Wildman–Crippen MR) is 73.4 cm³/mol. The molecule has 3 heteroatoms.